The predicted octanol–water partition coefficient (Wildman–Crippen LogP) is -0.110. The van der Waals surface area contributed by atoms with Gasteiger partial charge in [-0.05, 0) is 12.0 Å². The summed E-state index contributed by atoms with van der Waals surface area (Å²) in [6.45, 7) is 0.565. The summed E-state index contributed by atoms with van der Waals surface area (Å²) in [4.78, 5) is 24.0. The molecule has 0 aliphatic carbocycles. The number of carbonyl (C=O) groups excluding carboxylic acids is 2. The first-order chi connectivity index (χ1) is 8.50. The Hall–Kier alpha value is -1.88. The third-order valence-corrected chi connectivity index (χ3v) is 2.69. The van der Waals surface area contributed by atoms with Crippen LogP contribution in [0, 0.1) is 0 Å². The minimum atomic E-state index is -0.844. The van der Waals surface area contributed by atoms with E-state index in [1.807, 2.05) is 30.3 Å². The molecule has 98 valence electrons. The third kappa shape index (κ3) is 4.55. The van der Waals surface area contributed by atoms with Gasteiger partial charge in [0, 0.05) is 13.6 Å². The first-order valence-electron chi connectivity index (χ1n) is 5.83. The summed E-state index contributed by atoms with van der Waals surface area (Å²) in [5.41, 5.74) is 11.8. The van der Waals surface area contributed by atoms with E-state index in [9.17, 15) is 9.59 Å². The summed E-state index contributed by atoms with van der Waals surface area (Å²) < 4.78 is 0. The highest BCUT2D eigenvalue weighted by Crippen LogP contribution is 2.02. The maximum Gasteiger partial charge on any atom is 0.239 e. The monoisotopic (exact) mass is 249 g/mol. The van der Waals surface area contributed by atoms with Crippen molar-refractivity contribution in [1.29, 1.82) is 0 Å². The SMILES string of the molecule is CN(CCc1ccccc1)C(=O)C(N)CC(N)=O. The Kier molecular flexibility index (Phi) is 5.32. The molecule has 0 bridgehead atoms. The molecule has 1 aromatic carbocycles. The van der Waals surface area contributed by atoms with E-state index in [4.69, 9.17) is 11.5 Å². The zero-order chi connectivity index (χ0) is 13.5. The summed E-state index contributed by atoms with van der Waals surface area (Å²) in [6, 6.07) is 9.01. The second kappa shape index (κ2) is 6.76. The molecule has 4 N–H and O–H groups in total. The highest BCUT2D eigenvalue weighted by molar-refractivity contribution is 5.87. The van der Waals surface area contributed by atoms with Gasteiger partial charge < -0.3 is 16.4 Å². The largest absolute Gasteiger partial charge is 0.370 e. The lowest BCUT2D eigenvalue weighted by Crippen LogP contribution is -2.44. The topological polar surface area (TPSA) is 89.4 Å². The lowest BCUT2D eigenvalue weighted by atomic mass is 10.1. The highest BCUT2D eigenvalue weighted by atomic mass is 16.2. The Morgan fingerprint density at radius 2 is 1.89 bits per heavy atom. The second-order valence-electron chi connectivity index (χ2n) is 4.27. The molecule has 1 aromatic rings. The molecule has 18 heavy (non-hydrogen) atoms. The van der Waals surface area contributed by atoms with Gasteiger partial charge in [-0.25, -0.2) is 0 Å². The first kappa shape index (κ1) is 14.2. The summed E-state index contributed by atoms with van der Waals surface area (Å²) in [7, 11) is 1.67. The molecule has 0 aromatic heterocycles. The number of hydrogen-bond donors (Lipinski definition) is 2. The molecule has 0 spiro atoms. The van der Waals surface area contributed by atoms with E-state index in [2.05, 4.69) is 0 Å². The summed E-state index contributed by atoms with van der Waals surface area (Å²) in [6.07, 6.45) is 0.640. The molecule has 0 saturated heterocycles. The van der Waals surface area contributed by atoms with Gasteiger partial charge in [-0.2, -0.15) is 0 Å². The van der Waals surface area contributed by atoms with Gasteiger partial charge in [0.2, 0.25) is 11.8 Å². The molecular weight excluding hydrogens is 230 g/mol. The van der Waals surface area contributed by atoms with E-state index in [0.29, 0.717) is 6.54 Å². The molecule has 1 atom stereocenters. The number of nitrogens with two attached hydrogens (primary N) is 2. The number of rotatable bonds is 6. The van der Waals surface area contributed by atoms with Crippen LogP contribution in [0.25, 0.3) is 0 Å². The quantitative estimate of drug-likeness (QED) is 0.737. The standard InChI is InChI=1S/C13H19N3O2/c1-16(13(18)11(14)9-12(15)17)8-7-10-5-3-2-4-6-10/h2-6,11H,7-9,14H2,1H3,(H2,15,17). The average Bonchev–Trinajstić information content (AvgIpc) is 2.35. The molecule has 1 unspecified atom stereocenters. The third-order valence-electron chi connectivity index (χ3n) is 2.69. The molecule has 1 rings (SSSR count). The van der Waals surface area contributed by atoms with Gasteiger partial charge >= 0.3 is 0 Å². The van der Waals surface area contributed by atoms with Crippen molar-refractivity contribution >= 4 is 11.8 Å². The van der Waals surface area contributed by atoms with Gasteiger partial charge in [0.15, 0.2) is 0 Å². The molecule has 0 radical (unpaired) electrons. The minimum Gasteiger partial charge on any atom is -0.370 e. The fourth-order valence-corrected chi connectivity index (χ4v) is 1.64. The maximum atomic E-state index is 11.8. The van der Waals surface area contributed by atoms with Gasteiger partial charge in [-0.3, -0.25) is 9.59 Å². The zero-order valence-electron chi connectivity index (χ0n) is 10.5. The van der Waals surface area contributed by atoms with Crippen molar-refractivity contribution in [3.05, 3.63) is 35.9 Å². The van der Waals surface area contributed by atoms with Crippen LogP contribution in [0.3, 0.4) is 0 Å². The minimum absolute atomic E-state index is 0.117. The van der Waals surface area contributed by atoms with Crippen LogP contribution in [-0.4, -0.2) is 36.3 Å². The van der Waals surface area contributed by atoms with Crippen molar-refractivity contribution in [2.75, 3.05) is 13.6 Å². The molecule has 0 saturated carbocycles. The summed E-state index contributed by atoms with van der Waals surface area (Å²) >= 11 is 0. The Morgan fingerprint density at radius 1 is 1.28 bits per heavy atom. The number of benzene rings is 1. The van der Waals surface area contributed by atoms with E-state index in [-0.39, 0.29) is 12.3 Å². The molecule has 5 heteroatoms. The smallest absolute Gasteiger partial charge is 0.239 e. The van der Waals surface area contributed by atoms with Crippen LogP contribution in [-0.2, 0) is 16.0 Å². The average molecular weight is 249 g/mol. The van der Waals surface area contributed by atoms with Crippen molar-refractivity contribution in [1.82, 2.24) is 4.90 Å². The molecule has 0 heterocycles. The van der Waals surface area contributed by atoms with Gasteiger partial charge in [0.05, 0.1) is 12.5 Å². The Labute approximate surface area is 107 Å². The van der Waals surface area contributed by atoms with Crippen LogP contribution in [0.4, 0.5) is 0 Å². The van der Waals surface area contributed by atoms with Crippen LogP contribution < -0.4 is 11.5 Å². The predicted molar refractivity (Wildman–Crippen MR) is 69.6 cm³/mol. The van der Waals surface area contributed by atoms with E-state index >= 15 is 0 Å². The van der Waals surface area contributed by atoms with Gasteiger partial charge in [0.1, 0.15) is 0 Å². The van der Waals surface area contributed by atoms with Gasteiger partial charge in [0.25, 0.3) is 0 Å². The number of nitrogens with zero attached hydrogens (tertiary/aromatic N) is 1. The van der Waals surface area contributed by atoms with Crippen molar-refractivity contribution in [2.24, 2.45) is 11.5 Å². The normalized spacial score (nSPS) is 11.9. The van der Waals surface area contributed by atoms with Crippen molar-refractivity contribution in [2.45, 2.75) is 18.9 Å². The van der Waals surface area contributed by atoms with Gasteiger partial charge in [-0.15, -0.1) is 0 Å². The fraction of sp³-hybridized carbons (Fsp3) is 0.385. The van der Waals surface area contributed by atoms with Crippen molar-refractivity contribution in [3.8, 4) is 0 Å². The second-order valence-corrected chi connectivity index (χ2v) is 4.27. The number of likely N-dealkylation sites (N-methyl/N-ethyl adjacent to an activating group) is 1. The zero-order valence-corrected chi connectivity index (χ0v) is 10.5. The van der Waals surface area contributed by atoms with E-state index in [1.54, 1.807) is 7.05 Å². The highest BCUT2D eigenvalue weighted by Gasteiger charge is 2.19. The van der Waals surface area contributed by atoms with E-state index in [1.165, 1.54) is 4.90 Å². The van der Waals surface area contributed by atoms with Crippen LogP contribution in [0.1, 0.15) is 12.0 Å². The fourth-order valence-electron chi connectivity index (χ4n) is 1.64. The lowest BCUT2D eigenvalue weighted by Gasteiger charge is -2.20. The Morgan fingerprint density at radius 3 is 2.44 bits per heavy atom. The number of hydrogen-bond acceptors (Lipinski definition) is 3. The van der Waals surface area contributed by atoms with Crippen LogP contribution >= 0.6 is 0 Å². The lowest BCUT2D eigenvalue weighted by molar-refractivity contribution is -0.133. The number of primary amides is 1. The molecule has 0 fully saturated rings. The molecule has 0 aliphatic heterocycles. The Balaban J connectivity index is 2.43. The van der Waals surface area contributed by atoms with Gasteiger partial charge in [-0.1, -0.05) is 30.3 Å². The molecule has 5 nitrogen and oxygen atoms in total. The molecule has 2 amide bonds. The molecular formula is C13H19N3O2. The van der Waals surface area contributed by atoms with Crippen molar-refractivity contribution < 1.29 is 9.59 Å². The van der Waals surface area contributed by atoms with Crippen LogP contribution in [0.2, 0.25) is 0 Å². The number of amides is 2. The Bertz CT molecular complexity index is 406. The first-order valence-corrected chi connectivity index (χ1v) is 5.83. The molecule has 0 aliphatic rings. The van der Waals surface area contributed by atoms with Crippen LogP contribution in [0.5, 0.6) is 0 Å². The van der Waals surface area contributed by atoms with Crippen LogP contribution in [0.15, 0.2) is 30.3 Å². The summed E-state index contributed by atoms with van der Waals surface area (Å²) in [5, 5.41) is 0. The maximum absolute atomic E-state index is 11.8. The summed E-state index contributed by atoms with van der Waals surface area (Å²) in [5.74, 6) is -0.822. The number of carbonyl (C=O) groups is 2. The van der Waals surface area contributed by atoms with E-state index < -0.39 is 11.9 Å². The van der Waals surface area contributed by atoms with E-state index in [0.717, 1.165) is 12.0 Å². The van der Waals surface area contributed by atoms with Crippen molar-refractivity contribution in [3.63, 3.8) is 0 Å².